The Morgan fingerprint density at radius 1 is 1.30 bits per heavy atom. The maximum Gasteiger partial charge on any atom is 0.325 e. The van der Waals surface area contributed by atoms with E-state index in [1.165, 1.54) is 6.20 Å². The number of amides is 1. The molecule has 0 unspecified atom stereocenters. The lowest BCUT2D eigenvalue weighted by Crippen LogP contribution is -2.14. The van der Waals surface area contributed by atoms with Gasteiger partial charge in [-0.25, -0.2) is 4.68 Å². The van der Waals surface area contributed by atoms with Gasteiger partial charge in [0.1, 0.15) is 6.54 Å². The van der Waals surface area contributed by atoms with Gasteiger partial charge in [-0.15, -0.1) is 5.10 Å². The third-order valence-corrected chi connectivity index (χ3v) is 2.91. The Morgan fingerprint density at radius 2 is 2.00 bits per heavy atom. The van der Waals surface area contributed by atoms with Crippen molar-refractivity contribution >= 4 is 33.6 Å². The molecule has 0 aliphatic rings. The Bertz CT molecular complexity index is 624. The van der Waals surface area contributed by atoms with E-state index in [1.54, 1.807) is 0 Å². The van der Waals surface area contributed by atoms with Crippen LogP contribution in [0.25, 0.3) is 0 Å². The summed E-state index contributed by atoms with van der Waals surface area (Å²) in [5.74, 6) is -1.04. The summed E-state index contributed by atoms with van der Waals surface area (Å²) in [7, 11) is 0. The van der Waals surface area contributed by atoms with Gasteiger partial charge in [-0.1, -0.05) is 33.3 Å². The molecule has 1 aromatic heterocycles. The maximum atomic E-state index is 11.8. The molecule has 0 saturated heterocycles. The fourth-order valence-electron chi connectivity index (χ4n) is 1.55. The van der Waals surface area contributed by atoms with E-state index in [1.807, 2.05) is 24.3 Å². The molecule has 104 valence electrons. The molecule has 2 rings (SSSR count). The van der Waals surface area contributed by atoms with E-state index in [-0.39, 0.29) is 24.7 Å². The van der Waals surface area contributed by atoms with Crippen molar-refractivity contribution in [2.24, 2.45) is 0 Å². The molecule has 0 spiro atoms. The number of aliphatic carboxylic acids is 1. The van der Waals surface area contributed by atoms with Gasteiger partial charge in [0.2, 0.25) is 5.91 Å². The van der Waals surface area contributed by atoms with Crippen LogP contribution in [0, 0.1) is 0 Å². The average molecular weight is 339 g/mol. The molecule has 8 heteroatoms. The molecular weight excluding hydrogens is 328 g/mol. The fraction of sp³-hybridized carbons (Fsp3) is 0.167. The number of carbonyl (C=O) groups is 2. The Kier molecular flexibility index (Phi) is 4.46. The third kappa shape index (κ3) is 4.16. The first-order valence-corrected chi connectivity index (χ1v) is 6.48. The highest BCUT2D eigenvalue weighted by molar-refractivity contribution is 9.10. The van der Waals surface area contributed by atoms with Gasteiger partial charge < -0.3 is 10.4 Å². The molecule has 0 aliphatic carbocycles. The van der Waals surface area contributed by atoms with E-state index in [0.29, 0.717) is 0 Å². The van der Waals surface area contributed by atoms with E-state index >= 15 is 0 Å². The van der Waals surface area contributed by atoms with Crippen LogP contribution in [0.3, 0.4) is 0 Å². The predicted molar refractivity (Wildman–Crippen MR) is 74.1 cm³/mol. The molecule has 7 nitrogen and oxygen atoms in total. The average Bonchev–Trinajstić information content (AvgIpc) is 2.78. The number of carbonyl (C=O) groups excluding carboxylic acids is 1. The number of anilines is 1. The minimum absolute atomic E-state index is 0.207. The highest BCUT2D eigenvalue weighted by Gasteiger charge is 2.08. The van der Waals surface area contributed by atoms with Crippen LogP contribution in [-0.4, -0.2) is 32.0 Å². The van der Waals surface area contributed by atoms with Gasteiger partial charge in [-0.05, 0) is 17.7 Å². The van der Waals surface area contributed by atoms with E-state index in [4.69, 9.17) is 5.11 Å². The van der Waals surface area contributed by atoms with Crippen LogP contribution in [-0.2, 0) is 22.6 Å². The largest absolute Gasteiger partial charge is 0.480 e. The summed E-state index contributed by atoms with van der Waals surface area (Å²) < 4.78 is 2.08. The van der Waals surface area contributed by atoms with Crippen LogP contribution in [0.2, 0.25) is 0 Å². The number of hydrogen-bond donors (Lipinski definition) is 2. The summed E-state index contributed by atoms with van der Waals surface area (Å²) in [5.41, 5.74) is 0.864. The van der Waals surface area contributed by atoms with Crippen LogP contribution in [0.15, 0.2) is 34.9 Å². The first-order valence-electron chi connectivity index (χ1n) is 5.69. The molecule has 1 amide bonds. The summed E-state index contributed by atoms with van der Waals surface area (Å²) >= 11 is 3.32. The number of carboxylic acids is 1. The second-order valence-corrected chi connectivity index (χ2v) is 4.96. The minimum atomic E-state index is -1.03. The Balaban J connectivity index is 1.92. The third-order valence-electron chi connectivity index (χ3n) is 2.38. The van der Waals surface area contributed by atoms with Gasteiger partial charge in [0.05, 0.1) is 12.6 Å². The fourth-order valence-corrected chi connectivity index (χ4v) is 1.81. The maximum absolute atomic E-state index is 11.8. The highest BCUT2D eigenvalue weighted by atomic mass is 79.9. The van der Waals surface area contributed by atoms with Crippen molar-refractivity contribution in [1.82, 2.24) is 15.0 Å². The number of rotatable bonds is 5. The highest BCUT2D eigenvalue weighted by Crippen LogP contribution is 2.11. The lowest BCUT2D eigenvalue weighted by molar-refractivity contribution is -0.137. The SMILES string of the molecule is O=C(O)Cn1cc(NC(=O)Cc2ccc(Br)cc2)nn1. The van der Waals surface area contributed by atoms with Gasteiger partial charge in [0.15, 0.2) is 5.82 Å². The zero-order valence-electron chi connectivity index (χ0n) is 10.3. The van der Waals surface area contributed by atoms with Gasteiger partial charge >= 0.3 is 5.97 Å². The molecule has 0 bridgehead atoms. The van der Waals surface area contributed by atoms with E-state index in [0.717, 1.165) is 14.7 Å². The summed E-state index contributed by atoms with van der Waals surface area (Å²) in [5, 5.41) is 18.4. The van der Waals surface area contributed by atoms with Crippen LogP contribution in [0.1, 0.15) is 5.56 Å². The Morgan fingerprint density at radius 3 is 2.65 bits per heavy atom. The van der Waals surface area contributed by atoms with Crippen LogP contribution < -0.4 is 5.32 Å². The van der Waals surface area contributed by atoms with Crippen LogP contribution in [0.4, 0.5) is 5.82 Å². The standard InChI is InChI=1S/C12H11BrN4O3/c13-9-3-1-8(2-4-9)5-11(18)14-10-6-17(16-15-10)7-12(19)20/h1-4,6H,5,7H2,(H,14,18)(H,19,20). The zero-order valence-corrected chi connectivity index (χ0v) is 11.9. The van der Waals surface area contributed by atoms with E-state index in [2.05, 4.69) is 31.6 Å². The van der Waals surface area contributed by atoms with Crippen molar-refractivity contribution in [3.05, 3.63) is 40.5 Å². The molecule has 0 atom stereocenters. The van der Waals surface area contributed by atoms with Crippen molar-refractivity contribution in [2.45, 2.75) is 13.0 Å². The summed E-state index contributed by atoms with van der Waals surface area (Å²) in [6, 6.07) is 7.38. The molecule has 20 heavy (non-hydrogen) atoms. The van der Waals surface area contributed by atoms with Crippen LogP contribution >= 0.6 is 15.9 Å². The van der Waals surface area contributed by atoms with Crippen molar-refractivity contribution in [1.29, 1.82) is 0 Å². The zero-order chi connectivity index (χ0) is 14.5. The van der Waals surface area contributed by atoms with Gasteiger partial charge in [0, 0.05) is 4.47 Å². The summed E-state index contributed by atoms with van der Waals surface area (Å²) in [4.78, 5) is 22.3. The molecule has 0 fully saturated rings. The second kappa shape index (κ2) is 6.29. The monoisotopic (exact) mass is 338 g/mol. The number of hydrogen-bond acceptors (Lipinski definition) is 4. The Labute approximate surface area is 122 Å². The number of benzene rings is 1. The quantitative estimate of drug-likeness (QED) is 0.856. The smallest absolute Gasteiger partial charge is 0.325 e. The normalized spacial score (nSPS) is 10.2. The molecule has 0 aliphatic heterocycles. The first-order chi connectivity index (χ1) is 9.52. The minimum Gasteiger partial charge on any atom is -0.480 e. The van der Waals surface area contributed by atoms with Gasteiger partial charge in [-0.2, -0.15) is 0 Å². The second-order valence-electron chi connectivity index (χ2n) is 4.05. The molecule has 0 saturated carbocycles. The lowest BCUT2D eigenvalue weighted by atomic mass is 10.1. The van der Waals surface area contributed by atoms with E-state index < -0.39 is 5.97 Å². The lowest BCUT2D eigenvalue weighted by Gasteiger charge is -2.01. The molecule has 2 N–H and O–H groups in total. The number of nitrogens with zero attached hydrogens (tertiary/aromatic N) is 3. The summed E-state index contributed by atoms with van der Waals surface area (Å²) in [6.07, 6.45) is 1.58. The first kappa shape index (κ1) is 14.2. The van der Waals surface area contributed by atoms with Crippen molar-refractivity contribution in [2.75, 3.05) is 5.32 Å². The van der Waals surface area contributed by atoms with Gasteiger partial charge in [-0.3, -0.25) is 9.59 Å². The molecule has 0 radical (unpaired) electrons. The van der Waals surface area contributed by atoms with E-state index in [9.17, 15) is 9.59 Å². The molecule has 1 aromatic carbocycles. The molecule has 2 aromatic rings. The van der Waals surface area contributed by atoms with Gasteiger partial charge in [0.25, 0.3) is 0 Å². The Hall–Kier alpha value is -2.22. The van der Waals surface area contributed by atoms with Crippen molar-refractivity contribution < 1.29 is 14.7 Å². The van der Waals surface area contributed by atoms with Crippen molar-refractivity contribution in [3.63, 3.8) is 0 Å². The summed E-state index contributed by atoms with van der Waals surface area (Å²) in [6.45, 7) is -0.296. The number of nitrogens with one attached hydrogen (secondary N) is 1. The predicted octanol–water partition coefficient (Wildman–Crippen LogP) is 1.31. The molecule has 1 heterocycles. The molecular formula is C12H11BrN4O3. The number of halogens is 1. The van der Waals surface area contributed by atoms with Crippen molar-refractivity contribution in [3.8, 4) is 0 Å². The van der Waals surface area contributed by atoms with Crippen LogP contribution in [0.5, 0.6) is 0 Å². The number of carboxylic acid groups (broad SMARTS) is 1. The number of aromatic nitrogens is 3. The topological polar surface area (TPSA) is 97.1 Å².